The first-order chi connectivity index (χ1) is 11.0. The molecule has 2 N–H and O–H groups in total. The average Bonchev–Trinajstić information content (AvgIpc) is 2.87. The summed E-state index contributed by atoms with van der Waals surface area (Å²) in [6, 6.07) is 5.63. The maximum absolute atomic E-state index is 12.1. The van der Waals surface area contributed by atoms with Crippen molar-refractivity contribution in [2.75, 3.05) is 18.4 Å². The van der Waals surface area contributed by atoms with Crippen LogP contribution in [0, 0.1) is 6.92 Å². The van der Waals surface area contributed by atoms with Crippen LogP contribution in [0.2, 0.25) is 0 Å². The number of hydrogen-bond donors (Lipinski definition) is 2. The van der Waals surface area contributed by atoms with Crippen molar-refractivity contribution in [2.24, 2.45) is 0 Å². The van der Waals surface area contributed by atoms with E-state index in [9.17, 15) is 9.59 Å². The fourth-order valence-electron chi connectivity index (χ4n) is 2.81. The number of hydrogen-bond acceptors (Lipinski definition) is 4. The Labute approximate surface area is 138 Å². The fourth-order valence-corrected chi connectivity index (χ4v) is 3.68. The number of rotatable bonds is 2. The number of piperidine rings is 1. The predicted octanol–water partition coefficient (Wildman–Crippen LogP) is 2.74. The number of anilines is 1. The smallest absolute Gasteiger partial charge is 0.319 e. The first kappa shape index (κ1) is 15.7. The molecule has 23 heavy (non-hydrogen) atoms. The normalized spacial score (nSPS) is 15.7. The summed E-state index contributed by atoms with van der Waals surface area (Å²) in [6.07, 6.45) is 1.58. The maximum atomic E-state index is 12.1. The topological polar surface area (TPSA) is 74.3 Å². The number of nitrogens with zero attached hydrogens (tertiary/aromatic N) is 2. The number of nitrogens with one attached hydrogen (secondary N) is 2. The summed E-state index contributed by atoms with van der Waals surface area (Å²) in [5.41, 5.74) is 1.72. The van der Waals surface area contributed by atoms with Crippen LogP contribution in [0.25, 0.3) is 10.2 Å². The minimum Gasteiger partial charge on any atom is -0.343 e. The zero-order valence-electron chi connectivity index (χ0n) is 13.3. The minimum absolute atomic E-state index is 0.0982. The second-order valence-electron chi connectivity index (χ2n) is 5.79. The van der Waals surface area contributed by atoms with Gasteiger partial charge < -0.3 is 15.5 Å². The van der Waals surface area contributed by atoms with Crippen LogP contribution in [-0.2, 0) is 4.79 Å². The van der Waals surface area contributed by atoms with Crippen molar-refractivity contribution < 1.29 is 9.59 Å². The lowest BCUT2D eigenvalue weighted by Gasteiger charge is -2.31. The quantitative estimate of drug-likeness (QED) is 0.888. The number of fused-ring (bicyclic) bond motifs is 1. The number of aryl methyl sites for hydroxylation is 1. The highest BCUT2D eigenvalue weighted by molar-refractivity contribution is 7.18. The minimum atomic E-state index is -0.202. The lowest BCUT2D eigenvalue weighted by atomic mass is 10.1. The van der Waals surface area contributed by atoms with E-state index < -0.39 is 0 Å². The number of benzene rings is 1. The molecule has 3 amide bonds. The lowest BCUT2D eigenvalue weighted by Crippen LogP contribution is -2.47. The van der Waals surface area contributed by atoms with E-state index in [-0.39, 0.29) is 18.0 Å². The summed E-state index contributed by atoms with van der Waals surface area (Å²) < 4.78 is 1.06. The lowest BCUT2D eigenvalue weighted by molar-refractivity contribution is -0.129. The summed E-state index contributed by atoms with van der Waals surface area (Å²) in [5.74, 6) is 0.0982. The van der Waals surface area contributed by atoms with E-state index in [2.05, 4.69) is 15.6 Å². The summed E-state index contributed by atoms with van der Waals surface area (Å²) in [4.78, 5) is 29.6. The third-order valence-corrected chi connectivity index (χ3v) is 4.96. The molecule has 1 aliphatic rings. The molecule has 2 aromatic rings. The van der Waals surface area contributed by atoms with E-state index in [1.165, 1.54) is 0 Å². The van der Waals surface area contributed by atoms with Gasteiger partial charge in [0.05, 0.1) is 15.2 Å². The van der Waals surface area contributed by atoms with E-state index >= 15 is 0 Å². The van der Waals surface area contributed by atoms with Gasteiger partial charge in [0.25, 0.3) is 0 Å². The van der Waals surface area contributed by atoms with Crippen molar-refractivity contribution in [2.45, 2.75) is 32.7 Å². The number of thiazole rings is 1. The van der Waals surface area contributed by atoms with E-state index in [1.807, 2.05) is 30.0 Å². The molecule has 2 heterocycles. The van der Waals surface area contributed by atoms with Gasteiger partial charge in [-0.05, 0) is 38.0 Å². The van der Waals surface area contributed by atoms with Gasteiger partial charge in [0, 0.05) is 31.7 Å². The SMILES string of the molecule is CC(=O)N1CCC(NC(=O)Nc2ccc3nc(C)sc3c2)CC1. The van der Waals surface area contributed by atoms with Crippen LogP contribution >= 0.6 is 11.3 Å². The summed E-state index contributed by atoms with van der Waals surface area (Å²) >= 11 is 1.61. The molecule has 3 rings (SSSR count). The molecule has 0 unspecified atom stereocenters. The molecule has 0 spiro atoms. The molecular formula is C16H20N4O2S. The number of likely N-dealkylation sites (tertiary alicyclic amines) is 1. The molecule has 1 saturated heterocycles. The highest BCUT2D eigenvalue weighted by atomic mass is 32.1. The number of aromatic nitrogens is 1. The largest absolute Gasteiger partial charge is 0.343 e. The molecule has 6 nitrogen and oxygen atoms in total. The molecule has 1 aromatic carbocycles. The molecule has 1 fully saturated rings. The molecule has 0 aliphatic carbocycles. The van der Waals surface area contributed by atoms with Gasteiger partial charge in [-0.15, -0.1) is 11.3 Å². The second-order valence-corrected chi connectivity index (χ2v) is 7.03. The molecule has 0 radical (unpaired) electrons. The molecular weight excluding hydrogens is 312 g/mol. The number of urea groups is 1. The Bertz CT molecular complexity index is 735. The number of carbonyl (C=O) groups excluding carboxylic acids is 2. The first-order valence-electron chi connectivity index (χ1n) is 7.71. The van der Waals surface area contributed by atoms with Crippen molar-refractivity contribution >= 4 is 39.2 Å². The summed E-state index contributed by atoms with van der Waals surface area (Å²) in [7, 11) is 0. The van der Waals surface area contributed by atoms with Gasteiger partial charge in [-0.3, -0.25) is 4.79 Å². The molecule has 0 atom stereocenters. The van der Waals surface area contributed by atoms with Crippen LogP contribution in [0.3, 0.4) is 0 Å². The summed E-state index contributed by atoms with van der Waals surface area (Å²) in [5, 5.41) is 6.87. The van der Waals surface area contributed by atoms with Gasteiger partial charge in [-0.1, -0.05) is 0 Å². The Morgan fingerprint density at radius 3 is 2.74 bits per heavy atom. The van der Waals surface area contributed by atoms with E-state index in [0.29, 0.717) is 13.1 Å². The van der Waals surface area contributed by atoms with Gasteiger partial charge in [0.15, 0.2) is 0 Å². The fraction of sp³-hybridized carbons (Fsp3) is 0.438. The van der Waals surface area contributed by atoms with Crippen molar-refractivity contribution in [1.82, 2.24) is 15.2 Å². The Morgan fingerprint density at radius 2 is 2.04 bits per heavy atom. The number of amides is 3. The molecule has 7 heteroatoms. The van der Waals surface area contributed by atoms with Crippen LogP contribution in [-0.4, -0.2) is 41.0 Å². The van der Waals surface area contributed by atoms with Crippen molar-refractivity contribution in [3.63, 3.8) is 0 Å². The third kappa shape index (κ3) is 3.79. The Morgan fingerprint density at radius 1 is 1.30 bits per heavy atom. The van der Waals surface area contributed by atoms with E-state index in [0.717, 1.165) is 33.8 Å². The van der Waals surface area contributed by atoms with Crippen LogP contribution in [0.15, 0.2) is 18.2 Å². The van der Waals surface area contributed by atoms with E-state index in [4.69, 9.17) is 0 Å². The monoisotopic (exact) mass is 332 g/mol. The molecule has 122 valence electrons. The Kier molecular flexibility index (Phi) is 4.47. The maximum Gasteiger partial charge on any atom is 0.319 e. The summed E-state index contributed by atoms with van der Waals surface area (Å²) in [6.45, 7) is 4.95. The Balaban J connectivity index is 1.55. The van der Waals surface area contributed by atoms with Crippen LogP contribution in [0.1, 0.15) is 24.8 Å². The Hall–Kier alpha value is -2.15. The highest BCUT2D eigenvalue weighted by Gasteiger charge is 2.21. The standard InChI is InChI=1S/C16H20N4O2S/c1-10-17-14-4-3-13(9-15(14)23-10)19-16(22)18-12-5-7-20(8-6-12)11(2)21/h3-4,9,12H,5-8H2,1-2H3,(H2,18,19,22). The van der Waals surface area contributed by atoms with Gasteiger partial charge in [-0.25, -0.2) is 9.78 Å². The van der Waals surface area contributed by atoms with Gasteiger partial charge in [0.2, 0.25) is 5.91 Å². The third-order valence-electron chi connectivity index (χ3n) is 4.03. The van der Waals surface area contributed by atoms with Gasteiger partial charge >= 0.3 is 6.03 Å². The average molecular weight is 332 g/mol. The second kappa shape index (κ2) is 6.54. The highest BCUT2D eigenvalue weighted by Crippen LogP contribution is 2.24. The zero-order chi connectivity index (χ0) is 16.4. The van der Waals surface area contributed by atoms with Gasteiger partial charge in [0.1, 0.15) is 0 Å². The van der Waals surface area contributed by atoms with Crippen LogP contribution in [0.5, 0.6) is 0 Å². The van der Waals surface area contributed by atoms with E-state index in [1.54, 1.807) is 18.3 Å². The molecule has 1 aliphatic heterocycles. The molecule has 1 aromatic heterocycles. The number of carbonyl (C=O) groups is 2. The van der Waals surface area contributed by atoms with Crippen molar-refractivity contribution in [3.05, 3.63) is 23.2 Å². The van der Waals surface area contributed by atoms with Crippen LogP contribution in [0.4, 0.5) is 10.5 Å². The zero-order valence-corrected chi connectivity index (χ0v) is 14.1. The molecule has 0 bridgehead atoms. The van der Waals surface area contributed by atoms with Crippen LogP contribution < -0.4 is 10.6 Å². The molecule has 0 saturated carbocycles. The van der Waals surface area contributed by atoms with Gasteiger partial charge in [-0.2, -0.15) is 0 Å². The first-order valence-corrected chi connectivity index (χ1v) is 8.53. The predicted molar refractivity (Wildman–Crippen MR) is 91.8 cm³/mol. The van der Waals surface area contributed by atoms with Crippen molar-refractivity contribution in [1.29, 1.82) is 0 Å². The van der Waals surface area contributed by atoms with Crippen molar-refractivity contribution in [3.8, 4) is 0 Å².